The summed E-state index contributed by atoms with van der Waals surface area (Å²) in [7, 11) is 1.47. The van der Waals surface area contributed by atoms with Gasteiger partial charge < -0.3 is 14.6 Å². The third-order valence-electron chi connectivity index (χ3n) is 3.16. The summed E-state index contributed by atoms with van der Waals surface area (Å²) in [5.74, 6) is -0.901. The summed E-state index contributed by atoms with van der Waals surface area (Å²) in [6.07, 6.45) is 0. The van der Waals surface area contributed by atoms with Crippen LogP contribution in [0.15, 0.2) is 18.2 Å². The fraction of sp³-hybridized carbons (Fsp3) is 0.462. The molecule has 2 rings (SSSR count). The fourth-order valence-corrected chi connectivity index (χ4v) is 2.06. The third-order valence-corrected chi connectivity index (χ3v) is 3.16. The second-order valence-electron chi connectivity index (χ2n) is 4.36. The summed E-state index contributed by atoms with van der Waals surface area (Å²) in [4.78, 5) is 12.8. The van der Waals surface area contributed by atoms with Crippen LogP contribution in [0.3, 0.4) is 0 Å². The molecule has 0 radical (unpaired) electrons. The molecule has 104 valence electrons. The summed E-state index contributed by atoms with van der Waals surface area (Å²) in [6, 6.07) is 3.85. The van der Waals surface area contributed by atoms with Gasteiger partial charge in [-0.2, -0.15) is 0 Å². The van der Waals surface area contributed by atoms with Crippen molar-refractivity contribution in [1.82, 2.24) is 4.90 Å². The van der Waals surface area contributed by atoms with Crippen LogP contribution in [0.25, 0.3) is 0 Å². The quantitative estimate of drug-likeness (QED) is 0.887. The maximum Gasteiger partial charge on any atom is 0.323 e. The number of carboxylic acid groups (broad SMARTS) is 1. The lowest BCUT2D eigenvalue weighted by atomic mass is 10.1. The molecule has 1 aliphatic heterocycles. The van der Waals surface area contributed by atoms with Gasteiger partial charge >= 0.3 is 5.97 Å². The number of ether oxygens (including phenoxy) is 2. The number of carbonyl (C=O) groups is 1. The van der Waals surface area contributed by atoms with Crippen LogP contribution < -0.4 is 4.74 Å². The average Bonchev–Trinajstić information content (AvgIpc) is 2.41. The predicted octanol–water partition coefficient (Wildman–Crippen LogP) is 1.12. The highest BCUT2D eigenvalue weighted by Gasteiger charge is 2.29. The number of rotatable bonds is 4. The first-order chi connectivity index (χ1) is 9.11. The van der Waals surface area contributed by atoms with Gasteiger partial charge in [-0.25, -0.2) is 4.39 Å². The van der Waals surface area contributed by atoms with E-state index in [1.807, 2.05) is 0 Å². The number of hydrogen-bond acceptors (Lipinski definition) is 4. The van der Waals surface area contributed by atoms with Crippen LogP contribution in [0, 0.1) is 5.82 Å². The number of halogens is 1. The van der Waals surface area contributed by atoms with E-state index in [2.05, 4.69) is 0 Å². The topological polar surface area (TPSA) is 59.0 Å². The Balaban J connectivity index is 2.12. The highest BCUT2D eigenvalue weighted by molar-refractivity contribution is 5.73. The Morgan fingerprint density at radius 2 is 2.42 bits per heavy atom. The van der Waals surface area contributed by atoms with E-state index < -0.39 is 17.8 Å². The molecule has 1 fully saturated rings. The second kappa shape index (κ2) is 5.99. The summed E-state index contributed by atoms with van der Waals surface area (Å²) in [6.45, 7) is 1.31. The summed E-state index contributed by atoms with van der Waals surface area (Å²) >= 11 is 0. The van der Waals surface area contributed by atoms with Crippen molar-refractivity contribution in [3.05, 3.63) is 29.6 Å². The highest BCUT2D eigenvalue weighted by atomic mass is 19.1. The maximum atomic E-state index is 13.8. The lowest BCUT2D eigenvalue weighted by Crippen LogP contribution is -2.49. The standard InChI is InChI=1S/C13H16FNO4/c1-18-10-3-2-9(11(14)6-10)7-15-4-5-19-8-12(15)13(16)17/h2-3,6,12H,4-5,7-8H2,1H3,(H,16,17). The van der Waals surface area contributed by atoms with Gasteiger partial charge in [-0.1, -0.05) is 6.07 Å². The van der Waals surface area contributed by atoms with E-state index in [-0.39, 0.29) is 13.2 Å². The van der Waals surface area contributed by atoms with Crippen molar-refractivity contribution >= 4 is 5.97 Å². The van der Waals surface area contributed by atoms with Crippen LogP contribution in [0.5, 0.6) is 5.75 Å². The molecule has 1 saturated heterocycles. The van der Waals surface area contributed by atoms with Gasteiger partial charge in [0.25, 0.3) is 0 Å². The molecule has 6 heteroatoms. The number of hydrogen-bond donors (Lipinski definition) is 1. The zero-order chi connectivity index (χ0) is 13.8. The van der Waals surface area contributed by atoms with E-state index in [1.165, 1.54) is 13.2 Å². The van der Waals surface area contributed by atoms with E-state index in [9.17, 15) is 9.18 Å². The fourth-order valence-electron chi connectivity index (χ4n) is 2.06. The molecule has 0 aliphatic carbocycles. The van der Waals surface area contributed by atoms with Crippen LogP contribution in [0.4, 0.5) is 4.39 Å². The van der Waals surface area contributed by atoms with Crippen molar-refractivity contribution in [3.8, 4) is 5.75 Å². The van der Waals surface area contributed by atoms with Gasteiger partial charge in [0.1, 0.15) is 17.6 Å². The minimum Gasteiger partial charge on any atom is -0.497 e. The van der Waals surface area contributed by atoms with Gasteiger partial charge in [0.15, 0.2) is 0 Å². The molecule has 1 N–H and O–H groups in total. The Hall–Kier alpha value is -1.66. The number of methoxy groups -OCH3 is 1. The monoisotopic (exact) mass is 269 g/mol. The van der Waals surface area contributed by atoms with Crippen LogP contribution >= 0.6 is 0 Å². The molecule has 0 amide bonds. The van der Waals surface area contributed by atoms with E-state index in [1.54, 1.807) is 17.0 Å². The Morgan fingerprint density at radius 3 is 3.05 bits per heavy atom. The summed E-state index contributed by atoms with van der Waals surface area (Å²) in [5.41, 5.74) is 0.453. The van der Waals surface area contributed by atoms with Crippen molar-refractivity contribution in [2.75, 3.05) is 26.9 Å². The summed E-state index contributed by atoms with van der Waals surface area (Å²) in [5, 5.41) is 9.10. The van der Waals surface area contributed by atoms with Crippen molar-refractivity contribution < 1.29 is 23.8 Å². The molecular formula is C13H16FNO4. The Labute approximate surface area is 110 Å². The number of morpholine rings is 1. The zero-order valence-corrected chi connectivity index (χ0v) is 10.6. The van der Waals surface area contributed by atoms with Gasteiger partial charge in [-0.3, -0.25) is 9.69 Å². The van der Waals surface area contributed by atoms with Crippen LogP contribution in [0.1, 0.15) is 5.56 Å². The minimum atomic E-state index is -0.950. The Bertz CT molecular complexity index is 466. The van der Waals surface area contributed by atoms with Gasteiger partial charge in [-0.15, -0.1) is 0 Å². The van der Waals surface area contributed by atoms with E-state index >= 15 is 0 Å². The van der Waals surface area contributed by atoms with Gasteiger partial charge in [0.2, 0.25) is 0 Å². The van der Waals surface area contributed by atoms with E-state index in [4.69, 9.17) is 14.6 Å². The first kappa shape index (κ1) is 13.8. The molecule has 0 spiro atoms. The van der Waals surface area contributed by atoms with Gasteiger partial charge in [0, 0.05) is 24.7 Å². The van der Waals surface area contributed by atoms with Crippen molar-refractivity contribution in [2.45, 2.75) is 12.6 Å². The SMILES string of the molecule is COc1ccc(CN2CCOCC2C(=O)O)c(F)c1. The van der Waals surface area contributed by atoms with Crippen molar-refractivity contribution in [1.29, 1.82) is 0 Å². The molecule has 5 nitrogen and oxygen atoms in total. The molecule has 0 bridgehead atoms. The molecule has 19 heavy (non-hydrogen) atoms. The molecule has 0 aromatic heterocycles. The lowest BCUT2D eigenvalue weighted by Gasteiger charge is -2.32. The van der Waals surface area contributed by atoms with Crippen molar-refractivity contribution in [3.63, 3.8) is 0 Å². The van der Waals surface area contributed by atoms with Crippen LogP contribution in [-0.4, -0.2) is 48.9 Å². The molecule has 0 saturated carbocycles. The zero-order valence-electron chi connectivity index (χ0n) is 10.6. The Kier molecular flexibility index (Phi) is 4.34. The first-order valence-corrected chi connectivity index (χ1v) is 5.99. The number of aliphatic carboxylic acids is 1. The second-order valence-corrected chi connectivity index (χ2v) is 4.36. The number of carboxylic acids is 1. The number of nitrogens with zero attached hydrogens (tertiary/aromatic N) is 1. The summed E-state index contributed by atoms with van der Waals surface area (Å²) < 4.78 is 23.9. The molecule has 1 heterocycles. The molecule has 1 atom stereocenters. The van der Waals surface area contributed by atoms with Crippen molar-refractivity contribution in [2.24, 2.45) is 0 Å². The molecular weight excluding hydrogens is 253 g/mol. The van der Waals surface area contributed by atoms with E-state index in [0.717, 1.165) is 0 Å². The van der Waals surface area contributed by atoms with Gasteiger partial charge in [-0.05, 0) is 6.07 Å². The largest absolute Gasteiger partial charge is 0.497 e. The molecule has 1 unspecified atom stereocenters. The third kappa shape index (κ3) is 3.21. The lowest BCUT2D eigenvalue weighted by molar-refractivity contribution is -0.150. The first-order valence-electron chi connectivity index (χ1n) is 5.99. The normalized spacial score (nSPS) is 20.2. The Morgan fingerprint density at radius 1 is 1.63 bits per heavy atom. The van der Waals surface area contributed by atoms with Gasteiger partial charge in [0.05, 0.1) is 20.3 Å². The minimum absolute atomic E-state index is 0.132. The molecule has 1 aromatic carbocycles. The highest BCUT2D eigenvalue weighted by Crippen LogP contribution is 2.19. The maximum absolute atomic E-state index is 13.8. The van der Waals surface area contributed by atoms with Crippen LogP contribution in [0.2, 0.25) is 0 Å². The van der Waals surface area contributed by atoms with Crippen LogP contribution in [-0.2, 0) is 16.1 Å². The molecule has 1 aromatic rings. The van der Waals surface area contributed by atoms with E-state index in [0.29, 0.717) is 24.5 Å². The number of benzene rings is 1. The smallest absolute Gasteiger partial charge is 0.323 e. The average molecular weight is 269 g/mol. The predicted molar refractivity (Wildman–Crippen MR) is 65.6 cm³/mol. The molecule has 1 aliphatic rings.